The molecule has 2 unspecified atom stereocenters. The lowest BCUT2D eigenvalue weighted by molar-refractivity contribution is 0.0844. The highest BCUT2D eigenvalue weighted by molar-refractivity contribution is 8.13. The van der Waals surface area contributed by atoms with Gasteiger partial charge in [-0.2, -0.15) is 0 Å². The molecule has 0 radical (unpaired) electrons. The van der Waals surface area contributed by atoms with Gasteiger partial charge in [0.15, 0.2) is 5.17 Å². The number of hydrogen-bond donors (Lipinski definition) is 1. The summed E-state index contributed by atoms with van der Waals surface area (Å²) in [5.74, 6) is 2.05. The lowest BCUT2D eigenvalue weighted by Crippen LogP contribution is -2.41. The number of rotatable bonds is 2. The second-order valence-corrected chi connectivity index (χ2v) is 5.68. The van der Waals surface area contributed by atoms with Crippen LogP contribution in [0.2, 0.25) is 0 Å². The maximum atomic E-state index is 5.80. The average Bonchev–Trinajstić information content (AvgIpc) is 3.02. The van der Waals surface area contributed by atoms with Crippen molar-refractivity contribution in [1.82, 2.24) is 5.32 Å². The van der Waals surface area contributed by atoms with Crippen LogP contribution in [0.15, 0.2) is 4.99 Å². The number of hydrogen-bond acceptors (Lipinski definition) is 4. The predicted octanol–water partition coefficient (Wildman–Crippen LogP) is 1.64. The van der Waals surface area contributed by atoms with Gasteiger partial charge in [0.05, 0.1) is 12.1 Å². The van der Waals surface area contributed by atoms with E-state index in [0.717, 1.165) is 30.7 Å². The Balaban J connectivity index is 1.58. The number of ether oxygens (including phenoxy) is 1. The molecule has 3 nitrogen and oxygen atoms in total. The molecule has 2 aliphatic heterocycles. The van der Waals surface area contributed by atoms with Crippen LogP contribution in [-0.2, 0) is 4.74 Å². The molecule has 0 aromatic carbocycles. The number of aliphatic imine (C=N–C) groups is 1. The topological polar surface area (TPSA) is 33.6 Å². The van der Waals surface area contributed by atoms with E-state index in [-0.39, 0.29) is 0 Å². The van der Waals surface area contributed by atoms with Gasteiger partial charge in [0.2, 0.25) is 0 Å². The van der Waals surface area contributed by atoms with Gasteiger partial charge in [-0.15, -0.1) is 0 Å². The SMILES string of the molecule is C1CN=C(NC2CCOC2C2CC2)SC1. The third-order valence-corrected chi connectivity index (χ3v) is 4.34. The van der Waals surface area contributed by atoms with E-state index in [4.69, 9.17) is 4.74 Å². The Morgan fingerprint density at radius 3 is 3.00 bits per heavy atom. The molecule has 0 aromatic heterocycles. The van der Waals surface area contributed by atoms with E-state index >= 15 is 0 Å². The summed E-state index contributed by atoms with van der Waals surface area (Å²) in [4.78, 5) is 4.52. The van der Waals surface area contributed by atoms with E-state index in [2.05, 4.69) is 10.3 Å². The fourth-order valence-electron chi connectivity index (χ4n) is 2.36. The third kappa shape index (κ3) is 2.31. The molecule has 0 bridgehead atoms. The highest BCUT2D eigenvalue weighted by Crippen LogP contribution is 2.38. The van der Waals surface area contributed by atoms with E-state index < -0.39 is 0 Å². The summed E-state index contributed by atoms with van der Waals surface area (Å²) < 4.78 is 5.80. The molecule has 3 rings (SSSR count). The molecular formula is C11H18N2OS. The summed E-state index contributed by atoms with van der Waals surface area (Å²) in [7, 11) is 0. The van der Waals surface area contributed by atoms with Crippen molar-refractivity contribution in [2.45, 2.75) is 37.8 Å². The van der Waals surface area contributed by atoms with Crippen LogP contribution in [0, 0.1) is 5.92 Å². The molecule has 4 heteroatoms. The van der Waals surface area contributed by atoms with Gasteiger partial charge in [-0.05, 0) is 31.6 Å². The molecule has 1 saturated heterocycles. The Hall–Kier alpha value is -0.220. The van der Waals surface area contributed by atoms with Gasteiger partial charge >= 0.3 is 0 Å². The Kier molecular flexibility index (Phi) is 2.88. The van der Waals surface area contributed by atoms with Crippen LogP contribution < -0.4 is 5.32 Å². The molecule has 84 valence electrons. The van der Waals surface area contributed by atoms with Crippen LogP contribution >= 0.6 is 11.8 Å². The zero-order chi connectivity index (χ0) is 10.1. The normalized spacial score (nSPS) is 36.4. The molecular weight excluding hydrogens is 208 g/mol. The van der Waals surface area contributed by atoms with Crippen LogP contribution in [0.1, 0.15) is 25.7 Å². The molecule has 2 heterocycles. The van der Waals surface area contributed by atoms with E-state index in [1.54, 1.807) is 0 Å². The van der Waals surface area contributed by atoms with Gasteiger partial charge < -0.3 is 10.1 Å². The minimum absolute atomic E-state index is 0.468. The average molecular weight is 226 g/mol. The highest BCUT2D eigenvalue weighted by Gasteiger charge is 2.40. The number of nitrogens with one attached hydrogen (secondary N) is 1. The van der Waals surface area contributed by atoms with E-state index in [9.17, 15) is 0 Å². The first-order valence-electron chi connectivity index (χ1n) is 5.99. The Labute approximate surface area is 95.1 Å². The first kappa shape index (κ1) is 9.97. The molecule has 2 fully saturated rings. The van der Waals surface area contributed by atoms with Crippen LogP contribution in [0.25, 0.3) is 0 Å². The largest absolute Gasteiger partial charge is 0.376 e. The van der Waals surface area contributed by atoms with E-state index in [1.807, 2.05) is 11.8 Å². The Bertz CT molecular complexity index is 265. The number of amidine groups is 1. The maximum absolute atomic E-state index is 5.80. The van der Waals surface area contributed by atoms with Gasteiger partial charge in [0.1, 0.15) is 0 Å². The molecule has 1 N–H and O–H groups in total. The van der Waals surface area contributed by atoms with Crippen molar-refractivity contribution in [3.8, 4) is 0 Å². The summed E-state index contributed by atoms with van der Waals surface area (Å²) in [6.07, 6.45) is 5.57. The molecule has 0 amide bonds. The standard InChI is InChI=1S/C11H18N2OS/c1-5-12-11(15-7-1)13-9-4-6-14-10(9)8-2-3-8/h8-10H,1-7H2,(H,12,13). The monoisotopic (exact) mass is 226 g/mol. The lowest BCUT2D eigenvalue weighted by atomic mass is 10.1. The van der Waals surface area contributed by atoms with Crippen molar-refractivity contribution < 1.29 is 4.74 Å². The van der Waals surface area contributed by atoms with Crippen molar-refractivity contribution >= 4 is 16.9 Å². The second-order valence-electron chi connectivity index (χ2n) is 4.60. The van der Waals surface area contributed by atoms with Gasteiger partial charge in [-0.3, -0.25) is 4.99 Å². The zero-order valence-corrected chi connectivity index (χ0v) is 9.76. The number of thioether (sulfide) groups is 1. The van der Waals surface area contributed by atoms with E-state index in [0.29, 0.717) is 12.1 Å². The van der Waals surface area contributed by atoms with Crippen LogP contribution in [0.3, 0.4) is 0 Å². The summed E-state index contributed by atoms with van der Waals surface area (Å²) >= 11 is 1.87. The van der Waals surface area contributed by atoms with Crippen molar-refractivity contribution in [2.24, 2.45) is 10.9 Å². The summed E-state index contributed by atoms with van der Waals surface area (Å²) in [6, 6.07) is 0.529. The molecule has 3 aliphatic rings. The summed E-state index contributed by atoms with van der Waals surface area (Å²) in [5, 5.41) is 4.73. The fourth-order valence-corrected chi connectivity index (χ4v) is 3.24. The molecule has 2 atom stereocenters. The first-order valence-corrected chi connectivity index (χ1v) is 6.97. The molecule has 0 aromatic rings. The van der Waals surface area contributed by atoms with E-state index in [1.165, 1.54) is 25.0 Å². The van der Waals surface area contributed by atoms with Crippen LogP contribution in [0.4, 0.5) is 0 Å². The molecule has 0 spiro atoms. The highest BCUT2D eigenvalue weighted by atomic mass is 32.2. The van der Waals surface area contributed by atoms with Crippen molar-refractivity contribution in [1.29, 1.82) is 0 Å². The minimum Gasteiger partial charge on any atom is -0.376 e. The van der Waals surface area contributed by atoms with Crippen molar-refractivity contribution in [3.05, 3.63) is 0 Å². The molecule has 15 heavy (non-hydrogen) atoms. The van der Waals surface area contributed by atoms with Crippen LogP contribution in [0.5, 0.6) is 0 Å². The molecule has 1 aliphatic carbocycles. The fraction of sp³-hybridized carbons (Fsp3) is 0.909. The maximum Gasteiger partial charge on any atom is 0.156 e. The Morgan fingerprint density at radius 1 is 1.33 bits per heavy atom. The van der Waals surface area contributed by atoms with Gasteiger partial charge in [-0.1, -0.05) is 11.8 Å². The summed E-state index contributed by atoms with van der Waals surface area (Å²) in [5.41, 5.74) is 0. The predicted molar refractivity (Wildman–Crippen MR) is 63.4 cm³/mol. The smallest absolute Gasteiger partial charge is 0.156 e. The zero-order valence-electron chi connectivity index (χ0n) is 8.95. The van der Waals surface area contributed by atoms with Crippen molar-refractivity contribution in [3.63, 3.8) is 0 Å². The van der Waals surface area contributed by atoms with Gasteiger partial charge in [0, 0.05) is 18.9 Å². The van der Waals surface area contributed by atoms with Crippen molar-refractivity contribution in [2.75, 3.05) is 18.9 Å². The first-order chi connectivity index (χ1) is 7.43. The third-order valence-electron chi connectivity index (χ3n) is 3.33. The van der Waals surface area contributed by atoms with Gasteiger partial charge in [-0.25, -0.2) is 0 Å². The quantitative estimate of drug-likeness (QED) is 0.777. The lowest BCUT2D eigenvalue weighted by Gasteiger charge is -2.22. The minimum atomic E-state index is 0.468. The summed E-state index contributed by atoms with van der Waals surface area (Å²) in [6.45, 7) is 1.92. The second kappa shape index (κ2) is 4.34. The Morgan fingerprint density at radius 2 is 2.27 bits per heavy atom. The van der Waals surface area contributed by atoms with Gasteiger partial charge in [0.25, 0.3) is 0 Å². The number of nitrogens with zero attached hydrogens (tertiary/aromatic N) is 1. The van der Waals surface area contributed by atoms with Crippen LogP contribution in [-0.4, -0.2) is 36.2 Å². The molecule has 1 saturated carbocycles.